The fraction of sp³-hybridized carbons (Fsp3) is 0.150. The Morgan fingerprint density at radius 1 is 1.25 bits per heavy atom. The van der Waals surface area contributed by atoms with Crippen LogP contribution in [0.4, 0.5) is 4.79 Å². The van der Waals surface area contributed by atoms with Gasteiger partial charge in [0.15, 0.2) is 0 Å². The lowest BCUT2D eigenvalue weighted by molar-refractivity contribution is -0.123. The monoisotopic (exact) mass is 398 g/mol. The predicted octanol–water partition coefficient (Wildman–Crippen LogP) is 3.15. The molecule has 2 aromatic rings. The minimum Gasteiger partial charge on any atom is -0.497 e. The van der Waals surface area contributed by atoms with E-state index >= 15 is 0 Å². The molecule has 3 rings (SSSR count). The lowest BCUT2D eigenvalue weighted by Crippen LogP contribution is -2.36. The van der Waals surface area contributed by atoms with Crippen molar-refractivity contribution in [3.63, 3.8) is 0 Å². The van der Waals surface area contributed by atoms with E-state index in [1.165, 1.54) is 18.4 Å². The van der Waals surface area contributed by atoms with E-state index in [0.717, 1.165) is 22.2 Å². The average molecular weight is 398 g/mol. The van der Waals surface area contributed by atoms with Gasteiger partial charge in [0.1, 0.15) is 11.5 Å². The van der Waals surface area contributed by atoms with Crippen molar-refractivity contribution >= 4 is 41.0 Å². The molecule has 0 atom stereocenters. The van der Waals surface area contributed by atoms with Crippen molar-refractivity contribution in [3.05, 3.63) is 65.0 Å². The summed E-state index contributed by atoms with van der Waals surface area (Å²) < 4.78 is 10.2. The molecule has 0 spiro atoms. The second-order valence-corrected chi connectivity index (χ2v) is 6.74. The minimum atomic E-state index is -0.369. The fourth-order valence-electron chi connectivity index (χ4n) is 2.44. The maximum Gasteiger partial charge on any atom is 0.293 e. The van der Waals surface area contributed by atoms with Crippen LogP contribution in [0.1, 0.15) is 11.3 Å². The normalized spacial score (nSPS) is 15.6. The van der Waals surface area contributed by atoms with Gasteiger partial charge in [-0.05, 0) is 53.7 Å². The molecule has 0 saturated carbocycles. The number of thioether (sulfide) groups is 1. The molecule has 1 aliphatic heterocycles. The molecule has 0 unspecified atom stereocenters. The maximum absolute atomic E-state index is 12.5. The second-order valence-electron chi connectivity index (χ2n) is 5.75. The van der Waals surface area contributed by atoms with E-state index in [0.29, 0.717) is 16.4 Å². The quantitative estimate of drug-likeness (QED) is 0.721. The van der Waals surface area contributed by atoms with E-state index < -0.39 is 0 Å². The number of ether oxygens (including phenoxy) is 1. The summed E-state index contributed by atoms with van der Waals surface area (Å²) in [6.07, 6.45) is 6.04. The van der Waals surface area contributed by atoms with E-state index in [9.17, 15) is 14.4 Å². The van der Waals surface area contributed by atoms with E-state index in [1.54, 1.807) is 49.6 Å². The molecule has 1 saturated heterocycles. The second kappa shape index (κ2) is 9.09. The van der Waals surface area contributed by atoms with Gasteiger partial charge in [0.2, 0.25) is 5.91 Å². The Balaban J connectivity index is 1.53. The van der Waals surface area contributed by atoms with E-state index in [-0.39, 0.29) is 30.1 Å². The van der Waals surface area contributed by atoms with E-state index in [1.807, 2.05) is 0 Å². The molecule has 2 heterocycles. The highest BCUT2D eigenvalue weighted by Crippen LogP contribution is 2.32. The van der Waals surface area contributed by atoms with Crippen LogP contribution < -0.4 is 10.1 Å². The summed E-state index contributed by atoms with van der Waals surface area (Å²) >= 11 is 0.882. The van der Waals surface area contributed by atoms with Crippen LogP contribution in [0.25, 0.3) is 12.2 Å². The summed E-state index contributed by atoms with van der Waals surface area (Å²) in [5, 5.41) is 2.28. The van der Waals surface area contributed by atoms with Crippen LogP contribution in [0.2, 0.25) is 0 Å². The third-order valence-electron chi connectivity index (χ3n) is 3.86. The zero-order chi connectivity index (χ0) is 19.9. The molecule has 144 valence electrons. The number of nitrogens with one attached hydrogen (secondary N) is 1. The van der Waals surface area contributed by atoms with Crippen molar-refractivity contribution in [1.29, 1.82) is 0 Å². The van der Waals surface area contributed by atoms with Gasteiger partial charge in [-0.3, -0.25) is 19.3 Å². The van der Waals surface area contributed by atoms with Crippen LogP contribution in [0.15, 0.2) is 58.1 Å². The van der Waals surface area contributed by atoms with Gasteiger partial charge in [-0.25, -0.2) is 0 Å². The Hall–Kier alpha value is -3.26. The number of amides is 3. The zero-order valence-corrected chi connectivity index (χ0v) is 15.9. The number of furan rings is 1. The number of methoxy groups -OCH3 is 1. The molecule has 0 radical (unpaired) electrons. The lowest BCUT2D eigenvalue weighted by atomic mass is 10.2. The summed E-state index contributed by atoms with van der Waals surface area (Å²) in [4.78, 5) is 37.8. The number of nitrogens with zero attached hydrogens (tertiary/aromatic N) is 1. The molecule has 1 fully saturated rings. The summed E-state index contributed by atoms with van der Waals surface area (Å²) in [6, 6.07) is 10.6. The number of rotatable bonds is 7. The van der Waals surface area contributed by atoms with Crippen LogP contribution >= 0.6 is 11.8 Å². The van der Waals surface area contributed by atoms with Crippen LogP contribution in [0, 0.1) is 0 Å². The minimum absolute atomic E-state index is 0.102. The Morgan fingerprint density at radius 3 is 2.71 bits per heavy atom. The van der Waals surface area contributed by atoms with Crippen molar-refractivity contribution < 1.29 is 23.5 Å². The molecule has 7 nitrogen and oxygen atoms in total. The molecule has 1 N–H and O–H groups in total. The lowest BCUT2D eigenvalue weighted by Gasteiger charge is -2.12. The van der Waals surface area contributed by atoms with Crippen LogP contribution in [-0.4, -0.2) is 42.2 Å². The SMILES string of the molecule is COc1ccc(/C=C2\SC(=O)N(CCNC(=O)/C=C/c3ccco3)C2=O)cc1. The highest BCUT2D eigenvalue weighted by molar-refractivity contribution is 8.18. The van der Waals surface area contributed by atoms with Gasteiger partial charge < -0.3 is 14.5 Å². The summed E-state index contributed by atoms with van der Waals surface area (Å²) in [6.45, 7) is 0.264. The van der Waals surface area contributed by atoms with Crippen molar-refractivity contribution in [2.24, 2.45) is 0 Å². The molecule has 0 aliphatic carbocycles. The first kappa shape index (κ1) is 19.5. The molecule has 28 heavy (non-hydrogen) atoms. The zero-order valence-electron chi connectivity index (χ0n) is 15.1. The Morgan fingerprint density at radius 2 is 2.04 bits per heavy atom. The molecule has 1 aromatic heterocycles. The molecule has 1 aromatic carbocycles. The maximum atomic E-state index is 12.5. The van der Waals surface area contributed by atoms with Crippen molar-refractivity contribution in [2.75, 3.05) is 20.2 Å². The highest BCUT2D eigenvalue weighted by atomic mass is 32.2. The largest absolute Gasteiger partial charge is 0.497 e. The molecule has 0 bridgehead atoms. The first-order valence-electron chi connectivity index (χ1n) is 8.45. The molecular formula is C20H18N2O5S. The van der Waals surface area contributed by atoms with Gasteiger partial charge in [0.25, 0.3) is 11.1 Å². The van der Waals surface area contributed by atoms with Gasteiger partial charge in [-0.1, -0.05) is 12.1 Å². The Labute approximate surface area is 166 Å². The average Bonchev–Trinajstić information content (AvgIpc) is 3.31. The standard InChI is InChI=1S/C20H18N2O5S/c1-26-15-6-4-14(5-7-15)13-17-19(24)22(20(25)28-17)11-10-21-18(23)9-8-16-3-2-12-27-16/h2-9,12-13H,10-11H2,1H3,(H,21,23)/b9-8+,17-13-. The molecule has 1 aliphatic rings. The molecular weight excluding hydrogens is 380 g/mol. The first-order chi connectivity index (χ1) is 13.6. The van der Waals surface area contributed by atoms with Gasteiger partial charge in [-0.2, -0.15) is 0 Å². The first-order valence-corrected chi connectivity index (χ1v) is 9.27. The van der Waals surface area contributed by atoms with Crippen LogP contribution in [-0.2, 0) is 9.59 Å². The van der Waals surface area contributed by atoms with Gasteiger partial charge in [-0.15, -0.1) is 0 Å². The van der Waals surface area contributed by atoms with E-state index in [4.69, 9.17) is 9.15 Å². The number of hydrogen-bond donors (Lipinski definition) is 1. The number of benzene rings is 1. The number of carbonyl (C=O) groups is 3. The third kappa shape index (κ3) is 4.92. The van der Waals surface area contributed by atoms with Crippen molar-refractivity contribution in [3.8, 4) is 5.75 Å². The Kier molecular flexibility index (Phi) is 6.33. The summed E-state index contributed by atoms with van der Waals surface area (Å²) in [5.41, 5.74) is 0.794. The number of carbonyl (C=O) groups excluding carboxylic acids is 3. The fourth-order valence-corrected chi connectivity index (χ4v) is 3.30. The topological polar surface area (TPSA) is 88.8 Å². The summed E-state index contributed by atoms with van der Waals surface area (Å²) in [7, 11) is 1.58. The number of hydrogen-bond acceptors (Lipinski definition) is 6. The molecule has 3 amide bonds. The predicted molar refractivity (Wildman–Crippen MR) is 106 cm³/mol. The third-order valence-corrected chi connectivity index (χ3v) is 4.77. The highest BCUT2D eigenvalue weighted by Gasteiger charge is 2.34. The van der Waals surface area contributed by atoms with Crippen molar-refractivity contribution in [2.45, 2.75) is 0 Å². The van der Waals surface area contributed by atoms with Gasteiger partial charge >= 0.3 is 0 Å². The smallest absolute Gasteiger partial charge is 0.293 e. The summed E-state index contributed by atoms with van der Waals surface area (Å²) in [5.74, 6) is 0.565. The van der Waals surface area contributed by atoms with Gasteiger partial charge in [0.05, 0.1) is 18.3 Å². The molecule has 8 heteroatoms. The van der Waals surface area contributed by atoms with Crippen LogP contribution in [0.5, 0.6) is 5.75 Å². The van der Waals surface area contributed by atoms with E-state index in [2.05, 4.69) is 5.32 Å². The Bertz CT molecular complexity index is 917. The number of imide groups is 1. The van der Waals surface area contributed by atoms with Crippen LogP contribution in [0.3, 0.4) is 0 Å². The van der Waals surface area contributed by atoms with Crippen molar-refractivity contribution in [1.82, 2.24) is 10.2 Å². The van der Waals surface area contributed by atoms with Gasteiger partial charge in [0, 0.05) is 19.2 Å².